The van der Waals surface area contributed by atoms with Crippen molar-refractivity contribution in [1.82, 2.24) is 10.2 Å². The van der Waals surface area contributed by atoms with Gasteiger partial charge >= 0.3 is 12.0 Å². The molecule has 1 saturated carbocycles. The van der Waals surface area contributed by atoms with E-state index in [1.165, 1.54) is 19.3 Å². The van der Waals surface area contributed by atoms with Crippen molar-refractivity contribution >= 4 is 12.0 Å². The van der Waals surface area contributed by atoms with E-state index in [1.807, 2.05) is 6.92 Å². The summed E-state index contributed by atoms with van der Waals surface area (Å²) in [5.74, 6) is -0.397. The zero-order valence-electron chi connectivity index (χ0n) is 12.9. The van der Waals surface area contributed by atoms with Gasteiger partial charge in [0.15, 0.2) is 0 Å². The molecule has 2 amide bonds. The Morgan fingerprint density at radius 1 is 1.33 bits per heavy atom. The zero-order valence-corrected chi connectivity index (χ0v) is 12.9. The fraction of sp³-hybridized carbons (Fsp3) is 0.867. The Labute approximate surface area is 125 Å². The van der Waals surface area contributed by atoms with Gasteiger partial charge in [0.2, 0.25) is 0 Å². The van der Waals surface area contributed by atoms with E-state index in [-0.39, 0.29) is 18.7 Å². The number of likely N-dealkylation sites (tertiary alicyclic amines) is 1. The first kappa shape index (κ1) is 16.1. The lowest BCUT2D eigenvalue weighted by atomic mass is 9.83. The maximum Gasteiger partial charge on any atom is 0.329 e. The Morgan fingerprint density at radius 3 is 2.62 bits per heavy atom. The second kappa shape index (κ2) is 6.64. The van der Waals surface area contributed by atoms with Crippen LogP contribution >= 0.6 is 0 Å². The summed E-state index contributed by atoms with van der Waals surface area (Å²) in [7, 11) is 0. The molecule has 1 saturated heterocycles. The summed E-state index contributed by atoms with van der Waals surface area (Å²) in [5, 5.41) is 11.8. The molecule has 0 aromatic heterocycles. The zero-order chi connectivity index (χ0) is 15.5. The van der Waals surface area contributed by atoms with Gasteiger partial charge in [-0.05, 0) is 25.7 Å². The molecule has 120 valence electrons. The molecule has 6 nitrogen and oxygen atoms in total. The fourth-order valence-electron chi connectivity index (χ4n) is 3.37. The van der Waals surface area contributed by atoms with Crippen LogP contribution in [0.4, 0.5) is 4.79 Å². The van der Waals surface area contributed by atoms with Crippen molar-refractivity contribution in [2.75, 3.05) is 19.7 Å². The first-order chi connectivity index (χ1) is 9.93. The third-order valence-corrected chi connectivity index (χ3v) is 4.62. The predicted octanol–water partition coefficient (Wildman–Crippen LogP) is 1.84. The quantitative estimate of drug-likeness (QED) is 0.811. The Kier molecular flexibility index (Phi) is 5.08. The third kappa shape index (κ3) is 4.09. The lowest BCUT2D eigenvalue weighted by molar-refractivity contribution is -0.159. The van der Waals surface area contributed by atoms with Crippen molar-refractivity contribution in [1.29, 1.82) is 0 Å². The minimum Gasteiger partial charge on any atom is -0.480 e. The van der Waals surface area contributed by atoms with E-state index in [0.717, 1.165) is 12.8 Å². The van der Waals surface area contributed by atoms with E-state index in [2.05, 4.69) is 12.2 Å². The van der Waals surface area contributed by atoms with Gasteiger partial charge in [0.1, 0.15) is 12.2 Å². The van der Waals surface area contributed by atoms with E-state index in [4.69, 9.17) is 9.84 Å². The summed E-state index contributed by atoms with van der Waals surface area (Å²) in [5.41, 5.74) is -0.521. The molecule has 0 bridgehead atoms. The third-order valence-electron chi connectivity index (χ3n) is 4.62. The minimum absolute atomic E-state index is 0.0447. The molecule has 0 aromatic rings. The number of carbonyl (C=O) groups excluding carboxylic acids is 1. The molecular weight excluding hydrogens is 272 g/mol. The second-order valence-electron chi connectivity index (χ2n) is 6.50. The molecular formula is C15H26N2O4. The van der Waals surface area contributed by atoms with Crippen molar-refractivity contribution < 1.29 is 19.4 Å². The van der Waals surface area contributed by atoms with Gasteiger partial charge in [-0.25, -0.2) is 9.59 Å². The van der Waals surface area contributed by atoms with Gasteiger partial charge in [-0.1, -0.05) is 26.2 Å². The fourth-order valence-corrected chi connectivity index (χ4v) is 3.37. The lowest BCUT2D eigenvalue weighted by Gasteiger charge is -2.47. The first-order valence-electron chi connectivity index (χ1n) is 7.85. The van der Waals surface area contributed by atoms with Crippen molar-refractivity contribution in [3.8, 4) is 0 Å². The molecule has 6 heteroatoms. The monoisotopic (exact) mass is 298 g/mol. The standard InChI is InChI=1S/C15H26N2O4/c1-3-11-6-4-5-7-12(11)16-14(20)17-9-15(2,10-17)21-8-13(18)19/h11-12H,3-10H2,1-2H3,(H,16,20)(H,18,19). The van der Waals surface area contributed by atoms with Crippen LogP contribution in [-0.2, 0) is 9.53 Å². The van der Waals surface area contributed by atoms with Crippen LogP contribution in [0.25, 0.3) is 0 Å². The summed E-state index contributed by atoms with van der Waals surface area (Å²) < 4.78 is 5.32. The molecule has 2 N–H and O–H groups in total. The molecule has 1 heterocycles. The van der Waals surface area contributed by atoms with Crippen LogP contribution < -0.4 is 5.32 Å². The number of nitrogens with zero attached hydrogens (tertiary/aromatic N) is 1. The van der Waals surface area contributed by atoms with Gasteiger partial charge < -0.3 is 20.1 Å². The van der Waals surface area contributed by atoms with Gasteiger partial charge in [0.25, 0.3) is 0 Å². The number of carboxylic acids is 1. The Balaban J connectivity index is 1.76. The first-order valence-corrected chi connectivity index (χ1v) is 7.85. The number of rotatable bonds is 5. The number of carboxylic acid groups (broad SMARTS) is 1. The molecule has 2 atom stereocenters. The van der Waals surface area contributed by atoms with Gasteiger partial charge in [0.05, 0.1) is 13.1 Å². The number of hydrogen-bond donors (Lipinski definition) is 2. The average Bonchev–Trinajstić information content (AvgIpc) is 2.42. The van der Waals surface area contributed by atoms with Gasteiger partial charge in [-0.2, -0.15) is 0 Å². The number of hydrogen-bond acceptors (Lipinski definition) is 3. The van der Waals surface area contributed by atoms with Crippen LogP contribution in [0.5, 0.6) is 0 Å². The minimum atomic E-state index is -0.980. The molecule has 1 aliphatic carbocycles. The van der Waals surface area contributed by atoms with Crippen LogP contribution in [0.3, 0.4) is 0 Å². The van der Waals surface area contributed by atoms with Gasteiger partial charge in [-0.3, -0.25) is 0 Å². The van der Waals surface area contributed by atoms with Crippen LogP contribution in [0.1, 0.15) is 46.0 Å². The van der Waals surface area contributed by atoms with Crippen molar-refractivity contribution in [2.45, 2.75) is 57.6 Å². The normalized spacial score (nSPS) is 27.8. The molecule has 0 spiro atoms. The van der Waals surface area contributed by atoms with E-state index < -0.39 is 11.6 Å². The van der Waals surface area contributed by atoms with Crippen LogP contribution in [0.15, 0.2) is 0 Å². The average molecular weight is 298 g/mol. The van der Waals surface area contributed by atoms with Gasteiger partial charge in [-0.15, -0.1) is 0 Å². The van der Waals surface area contributed by atoms with Gasteiger partial charge in [0, 0.05) is 6.04 Å². The molecule has 2 aliphatic rings. The lowest BCUT2D eigenvalue weighted by Crippen LogP contribution is -2.66. The van der Waals surface area contributed by atoms with E-state index in [1.54, 1.807) is 4.90 Å². The number of aliphatic carboxylic acids is 1. The summed E-state index contributed by atoms with van der Waals surface area (Å²) in [6, 6.07) is 0.236. The van der Waals surface area contributed by atoms with Crippen molar-refractivity contribution in [2.24, 2.45) is 5.92 Å². The topological polar surface area (TPSA) is 78.9 Å². The molecule has 2 rings (SSSR count). The molecule has 0 radical (unpaired) electrons. The van der Waals surface area contributed by atoms with Crippen LogP contribution in [0.2, 0.25) is 0 Å². The smallest absolute Gasteiger partial charge is 0.329 e. The molecule has 2 fully saturated rings. The van der Waals surface area contributed by atoms with E-state index >= 15 is 0 Å². The van der Waals surface area contributed by atoms with E-state index in [9.17, 15) is 9.59 Å². The molecule has 0 aromatic carbocycles. The summed E-state index contributed by atoms with van der Waals surface area (Å²) >= 11 is 0. The highest BCUT2D eigenvalue weighted by molar-refractivity contribution is 5.76. The Morgan fingerprint density at radius 2 is 2.00 bits per heavy atom. The molecule has 1 aliphatic heterocycles. The Bertz CT molecular complexity index is 393. The molecule has 21 heavy (non-hydrogen) atoms. The number of amides is 2. The van der Waals surface area contributed by atoms with Crippen LogP contribution in [-0.4, -0.2) is 53.3 Å². The van der Waals surface area contributed by atoms with Crippen molar-refractivity contribution in [3.63, 3.8) is 0 Å². The number of urea groups is 1. The highest BCUT2D eigenvalue weighted by Crippen LogP contribution is 2.28. The predicted molar refractivity (Wildman–Crippen MR) is 78.1 cm³/mol. The number of nitrogens with one attached hydrogen (secondary N) is 1. The second-order valence-corrected chi connectivity index (χ2v) is 6.50. The number of carbonyl (C=O) groups is 2. The highest BCUT2D eigenvalue weighted by atomic mass is 16.5. The Hall–Kier alpha value is -1.30. The van der Waals surface area contributed by atoms with Crippen LogP contribution in [0, 0.1) is 5.92 Å². The SMILES string of the molecule is CCC1CCCCC1NC(=O)N1CC(C)(OCC(=O)O)C1. The summed E-state index contributed by atoms with van der Waals surface area (Å²) in [4.78, 5) is 24.4. The largest absolute Gasteiger partial charge is 0.480 e. The van der Waals surface area contributed by atoms with Crippen molar-refractivity contribution in [3.05, 3.63) is 0 Å². The summed E-state index contributed by atoms with van der Waals surface area (Å²) in [6.45, 7) is 4.61. The maximum absolute atomic E-state index is 12.2. The highest BCUT2D eigenvalue weighted by Gasteiger charge is 2.43. The number of ether oxygens (including phenoxy) is 1. The maximum atomic E-state index is 12.2. The molecule has 2 unspecified atom stereocenters. The summed E-state index contributed by atoms with van der Waals surface area (Å²) in [6.07, 6.45) is 5.80. The van der Waals surface area contributed by atoms with E-state index in [0.29, 0.717) is 19.0 Å².